The van der Waals surface area contributed by atoms with Gasteiger partial charge < -0.3 is 19.5 Å². The molecule has 0 aliphatic heterocycles. The van der Waals surface area contributed by atoms with Crippen molar-refractivity contribution in [3.63, 3.8) is 0 Å². The molecule has 0 heterocycles. The minimum atomic E-state index is 0.483. The van der Waals surface area contributed by atoms with Gasteiger partial charge >= 0.3 is 0 Å². The molecule has 0 unspecified atom stereocenters. The molecule has 0 saturated carbocycles. The topological polar surface area (TPSA) is 39.7 Å². The van der Waals surface area contributed by atoms with Crippen LogP contribution >= 0.6 is 23.2 Å². The molecule has 0 bridgehead atoms. The predicted molar refractivity (Wildman–Crippen MR) is 98.9 cm³/mol. The van der Waals surface area contributed by atoms with Crippen molar-refractivity contribution in [1.29, 1.82) is 0 Å². The van der Waals surface area contributed by atoms with Crippen LogP contribution in [0.5, 0.6) is 11.5 Å². The van der Waals surface area contributed by atoms with Crippen molar-refractivity contribution in [3.05, 3.63) is 52.5 Å². The highest BCUT2D eigenvalue weighted by Crippen LogP contribution is 2.27. The molecule has 0 saturated heterocycles. The molecule has 0 aliphatic rings. The van der Waals surface area contributed by atoms with E-state index in [1.165, 1.54) is 0 Å². The van der Waals surface area contributed by atoms with Gasteiger partial charge in [0.15, 0.2) is 0 Å². The van der Waals surface area contributed by atoms with Crippen LogP contribution in [-0.4, -0.2) is 33.0 Å². The Bertz CT molecular complexity index is 637. The third-order valence-corrected chi connectivity index (χ3v) is 3.65. The second-order valence-electron chi connectivity index (χ2n) is 4.92. The standard InChI is InChI=1S/C18H21Cl2NO3/c1-2-22-10-11-23-16-5-3-4-15(13-16)21-8-9-24-18-7-6-14(19)12-17(18)20/h3-7,12-13,21H,2,8-11H2,1H3. The fraction of sp³-hybridized carbons (Fsp3) is 0.333. The van der Waals surface area contributed by atoms with Crippen molar-refractivity contribution in [2.45, 2.75) is 6.92 Å². The van der Waals surface area contributed by atoms with Gasteiger partial charge in [-0.1, -0.05) is 29.3 Å². The zero-order valence-corrected chi connectivity index (χ0v) is 15.1. The van der Waals surface area contributed by atoms with Crippen LogP contribution in [0.3, 0.4) is 0 Å². The summed E-state index contributed by atoms with van der Waals surface area (Å²) in [6, 6.07) is 13.0. The molecule has 4 nitrogen and oxygen atoms in total. The number of benzene rings is 2. The van der Waals surface area contributed by atoms with Crippen molar-refractivity contribution >= 4 is 28.9 Å². The van der Waals surface area contributed by atoms with E-state index in [0.29, 0.717) is 48.8 Å². The van der Waals surface area contributed by atoms with Gasteiger partial charge in [-0.25, -0.2) is 0 Å². The number of rotatable bonds is 10. The van der Waals surface area contributed by atoms with E-state index in [2.05, 4.69) is 5.32 Å². The lowest BCUT2D eigenvalue weighted by Crippen LogP contribution is -2.12. The van der Waals surface area contributed by atoms with Crippen molar-refractivity contribution < 1.29 is 14.2 Å². The van der Waals surface area contributed by atoms with E-state index in [4.69, 9.17) is 37.4 Å². The van der Waals surface area contributed by atoms with Crippen molar-refractivity contribution in [2.24, 2.45) is 0 Å². The van der Waals surface area contributed by atoms with Gasteiger partial charge in [0.05, 0.1) is 11.6 Å². The smallest absolute Gasteiger partial charge is 0.138 e. The first-order valence-electron chi connectivity index (χ1n) is 7.81. The number of hydrogen-bond acceptors (Lipinski definition) is 4. The Hall–Kier alpha value is -1.62. The minimum Gasteiger partial charge on any atom is -0.491 e. The lowest BCUT2D eigenvalue weighted by molar-refractivity contribution is 0.110. The van der Waals surface area contributed by atoms with E-state index in [0.717, 1.165) is 11.4 Å². The lowest BCUT2D eigenvalue weighted by atomic mass is 10.3. The summed E-state index contributed by atoms with van der Waals surface area (Å²) in [5.74, 6) is 1.43. The molecule has 2 aromatic carbocycles. The van der Waals surface area contributed by atoms with Crippen LogP contribution in [0.4, 0.5) is 5.69 Å². The Kier molecular flexibility index (Phi) is 8.02. The van der Waals surface area contributed by atoms with Gasteiger partial charge in [-0.3, -0.25) is 0 Å². The molecule has 0 atom stereocenters. The first kappa shape index (κ1) is 18.7. The number of anilines is 1. The second kappa shape index (κ2) is 10.3. The molecule has 1 N–H and O–H groups in total. The fourth-order valence-electron chi connectivity index (χ4n) is 2.01. The average Bonchev–Trinajstić information content (AvgIpc) is 2.58. The van der Waals surface area contributed by atoms with Crippen molar-refractivity contribution in [2.75, 3.05) is 38.3 Å². The first-order valence-corrected chi connectivity index (χ1v) is 8.57. The Morgan fingerprint density at radius 1 is 0.958 bits per heavy atom. The zero-order chi connectivity index (χ0) is 17.2. The summed E-state index contributed by atoms with van der Waals surface area (Å²) in [6.45, 7) is 4.91. The zero-order valence-electron chi connectivity index (χ0n) is 13.6. The summed E-state index contributed by atoms with van der Waals surface area (Å²) in [6.07, 6.45) is 0. The van der Waals surface area contributed by atoms with Gasteiger partial charge in [-0.2, -0.15) is 0 Å². The van der Waals surface area contributed by atoms with Gasteiger partial charge in [0.1, 0.15) is 24.7 Å². The molecule has 0 aliphatic carbocycles. The summed E-state index contributed by atoms with van der Waals surface area (Å²) < 4.78 is 16.5. The third-order valence-electron chi connectivity index (χ3n) is 3.12. The minimum absolute atomic E-state index is 0.483. The van der Waals surface area contributed by atoms with E-state index in [1.54, 1.807) is 18.2 Å². The summed E-state index contributed by atoms with van der Waals surface area (Å²) in [4.78, 5) is 0. The van der Waals surface area contributed by atoms with Gasteiger partial charge in [-0.15, -0.1) is 0 Å². The number of ether oxygens (including phenoxy) is 3. The van der Waals surface area contributed by atoms with Crippen LogP contribution in [-0.2, 0) is 4.74 Å². The molecular formula is C18H21Cl2NO3. The van der Waals surface area contributed by atoms with E-state index in [-0.39, 0.29) is 0 Å². The quantitative estimate of drug-likeness (QED) is 0.604. The van der Waals surface area contributed by atoms with Crippen molar-refractivity contribution in [3.8, 4) is 11.5 Å². The summed E-state index contributed by atoms with van der Waals surface area (Å²) in [5.41, 5.74) is 0.967. The average molecular weight is 370 g/mol. The van der Waals surface area contributed by atoms with E-state index >= 15 is 0 Å². The molecule has 24 heavy (non-hydrogen) atoms. The van der Waals surface area contributed by atoms with Crippen LogP contribution in [0.1, 0.15) is 6.92 Å². The maximum absolute atomic E-state index is 6.06. The maximum Gasteiger partial charge on any atom is 0.138 e. The first-order chi connectivity index (χ1) is 11.7. The summed E-state index contributed by atoms with van der Waals surface area (Å²) in [5, 5.41) is 4.38. The molecular weight excluding hydrogens is 349 g/mol. The highest BCUT2D eigenvalue weighted by molar-refractivity contribution is 6.35. The van der Waals surface area contributed by atoms with Crippen LogP contribution in [0.15, 0.2) is 42.5 Å². The van der Waals surface area contributed by atoms with Gasteiger partial charge in [0.25, 0.3) is 0 Å². The Labute approximate surface area is 152 Å². The Morgan fingerprint density at radius 2 is 1.83 bits per heavy atom. The SMILES string of the molecule is CCOCCOc1cccc(NCCOc2ccc(Cl)cc2Cl)c1. The highest BCUT2D eigenvalue weighted by Gasteiger charge is 2.02. The summed E-state index contributed by atoms with van der Waals surface area (Å²) >= 11 is 11.9. The Morgan fingerprint density at radius 3 is 2.62 bits per heavy atom. The highest BCUT2D eigenvalue weighted by atomic mass is 35.5. The molecule has 0 fully saturated rings. The monoisotopic (exact) mass is 369 g/mol. The molecule has 0 spiro atoms. The van der Waals surface area contributed by atoms with E-state index in [9.17, 15) is 0 Å². The second-order valence-corrected chi connectivity index (χ2v) is 5.77. The molecule has 2 rings (SSSR count). The van der Waals surface area contributed by atoms with E-state index in [1.807, 2.05) is 31.2 Å². The molecule has 0 radical (unpaired) electrons. The molecule has 6 heteroatoms. The third kappa shape index (κ3) is 6.48. The molecule has 2 aromatic rings. The molecule has 0 amide bonds. The predicted octanol–water partition coefficient (Wildman–Crippen LogP) is 4.90. The lowest BCUT2D eigenvalue weighted by Gasteiger charge is -2.11. The van der Waals surface area contributed by atoms with E-state index < -0.39 is 0 Å². The molecule has 130 valence electrons. The normalized spacial score (nSPS) is 10.5. The van der Waals surface area contributed by atoms with Crippen LogP contribution in [0.25, 0.3) is 0 Å². The number of hydrogen-bond donors (Lipinski definition) is 1. The number of halogens is 2. The largest absolute Gasteiger partial charge is 0.491 e. The van der Waals surface area contributed by atoms with Crippen LogP contribution in [0.2, 0.25) is 10.0 Å². The van der Waals surface area contributed by atoms with Gasteiger partial charge in [0.2, 0.25) is 0 Å². The number of nitrogens with one attached hydrogen (secondary N) is 1. The Balaban J connectivity index is 1.73. The molecule has 0 aromatic heterocycles. The summed E-state index contributed by atoms with van der Waals surface area (Å²) in [7, 11) is 0. The van der Waals surface area contributed by atoms with Crippen LogP contribution in [0, 0.1) is 0 Å². The van der Waals surface area contributed by atoms with Gasteiger partial charge in [0, 0.05) is 29.9 Å². The van der Waals surface area contributed by atoms with Gasteiger partial charge in [-0.05, 0) is 37.3 Å². The fourth-order valence-corrected chi connectivity index (χ4v) is 2.47. The van der Waals surface area contributed by atoms with Crippen molar-refractivity contribution in [1.82, 2.24) is 0 Å². The van der Waals surface area contributed by atoms with Crippen LogP contribution < -0.4 is 14.8 Å². The maximum atomic E-state index is 6.06.